The first-order valence-corrected chi connectivity index (χ1v) is 8.91. The van der Waals surface area contributed by atoms with Gasteiger partial charge in [0.2, 0.25) is 0 Å². The Hall–Kier alpha value is -2.58. The Kier molecular flexibility index (Phi) is 5.62. The highest BCUT2D eigenvalue weighted by atomic mass is 35.5. The van der Waals surface area contributed by atoms with Gasteiger partial charge in [0.05, 0.1) is 17.7 Å². The molecular weight excluding hydrogens is 391 g/mol. The minimum absolute atomic E-state index is 0.0143. The zero-order valence-electron chi connectivity index (χ0n) is 15.7. The molecule has 2 aliphatic heterocycles. The Labute approximate surface area is 166 Å². The predicted octanol–water partition coefficient (Wildman–Crippen LogP) is 2.37. The number of piperidine rings is 1. The molecule has 150 valence electrons. The van der Waals surface area contributed by atoms with Crippen molar-refractivity contribution < 1.29 is 28.6 Å². The van der Waals surface area contributed by atoms with Crippen LogP contribution in [0.15, 0.2) is 40.8 Å². The van der Waals surface area contributed by atoms with E-state index < -0.39 is 18.0 Å². The van der Waals surface area contributed by atoms with Crippen LogP contribution in [0, 0.1) is 5.82 Å². The average Bonchev–Trinajstić information content (AvgIpc) is 2.65. The fourth-order valence-corrected chi connectivity index (χ4v) is 3.84. The van der Waals surface area contributed by atoms with Crippen molar-refractivity contribution in [3.63, 3.8) is 0 Å². The maximum Gasteiger partial charge on any atom is 0.352 e. The second kappa shape index (κ2) is 7.81. The number of aliphatic carboxylic acids is 1. The number of hydrogen-bond acceptors (Lipinski definition) is 5. The topological polar surface area (TPSA) is 79.3 Å². The summed E-state index contributed by atoms with van der Waals surface area (Å²) in [6, 6.07) is 4.27. The number of carboxylic acid groups (broad SMARTS) is 1. The van der Waals surface area contributed by atoms with Gasteiger partial charge in [-0.15, -0.1) is 0 Å². The van der Waals surface area contributed by atoms with Gasteiger partial charge in [0.25, 0.3) is 5.91 Å². The molecule has 0 saturated carbocycles. The van der Waals surface area contributed by atoms with E-state index in [1.165, 1.54) is 31.3 Å². The number of benzene rings is 1. The van der Waals surface area contributed by atoms with Gasteiger partial charge in [0.15, 0.2) is 12.0 Å². The first kappa shape index (κ1) is 20.2. The number of rotatable bonds is 5. The third-order valence-electron chi connectivity index (χ3n) is 4.90. The molecule has 2 aliphatic rings. The van der Waals surface area contributed by atoms with Crippen LogP contribution in [0.2, 0.25) is 5.02 Å². The quantitative estimate of drug-likeness (QED) is 0.802. The molecule has 0 radical (unpaired) electrons. The van der Waals surface area contributed by atoms with Gasteiger partial charge in [-0.25, -0.2) is 9.18 Å². The first-order valence-electron chi connectivity index (χ1n) is 8.54. The van der Waals surface area contributed by atoms with Crippen molar-refractivity contribution in [2.24, 2.45) is 0 Å². The molecule has 1 N–H and O–H groups in total. The molecule has 1 aromatic carbocycles. The van der Waals surface area contributed by atoms with E-state index in [0.29, 0.717) is 24.1 Å². The fraction of sp³-hybridized carbons (Fsp3) is 0.368. The summed E-state index contributed by atoms with van der Waals surface area (Å²) in [5.41, 5.74) is 1.30. The molecule has 28 heavy (non-hydrogen) atoms. The molecule has 1 fully saturated rings. The van der Waals surface area contributed by atoms with E-state index in [0.717, 1.165) is 0 Å². The van der Waals surface area contributed by atoms with E-state index in [2.05, 4.69) is 0 Å². The van der Waals surface area contributed by atoms with Crippen molar-refractivity contribution in [1.29, 1.82) is 0 Å². The lowest BCUT2D eigenvalue weighted by molar-refractivity contribution is -0.136. The number of carbonyl (C=O) groups excluding carboxylic acids is 1. The zero-order chi connectivity index (χ0) is 20.6. The maximum atomic E-state index is 13.4. The number of fused-ring (bicyclic) bond motifs is 1. The lowest BCUT2D eigenvalue weighted by Crippen LogP contribution is -2.47. The molecule has 7 nitrogen and oxygen atoms in total. The Balaban J connectivity index is 2.02. The van der Waals surface area contributed by atoms with Crippen LogP contribution >= 0.6 is 11.6 Å². The van der Waals surface area contributed by atoms with Crippen molar-refractivity contribution in [3.05, 3.63) is 57.2 Å². The fourth-order valence-electron chi connectivity index (χ4n) is 3.64. The number of hydrogen-bond donors (Lipinski definition) is 1. The van der Waals surface area contributed by atoms with Crippen LogP contribution < -0.4 is 0 Å². The Morgan fingerprint density at radius 1 is 1.39 bits per heavy atom. The van der Waals surface area contributed by atoms with Crippen molar-refractivity contribution >= 4 is 23.5 Å². The minimum Gasteiger partial charge on any atom is -0.495 e. The molecule has 1 aromatic rings. The number of carbonyl (C=O) groups is 2. The number of likely N-dealkylation sites (tertiary alicyclic amines) is 1. The highest BCUT2D eigenvalue weighted by Gasteiger charge is 2.43. The maximum absolute atomic E-state index is 13.4. The van der Waals surface area contributed by atoms with Gasteiger partial charge >= 0.3 is 5.97 Å². The number of methoxy groups -OCH3 is 2. The van der Waals surface area contributed by atoms with Gasteiger partial charge in [-0.3, -0.25) is 4.79 Å². The third kappa shape index (κ3) is 3.33. The summed E-state index contributed by atoms with van der Waals surface area (Å²) in [4.78, 5) is 28.0. The van der Waals surface area contributed by atoms with Crippen LogP contribution in [-0.2, 0) is 25.6 Å². The first-order chi connectivity index (χ1) is 13.3. The highest BCUT2D eigenvalue weighted by molar-refractivity contribution is 6.30. The molecular formula is C19H20ClFN2O5. The summed E-state index contributed by atoms with van der Waals surface area (Å²) < 4.78 is 24.2. The molecule has 0 spiro atoms. The van der Waals surface area contributed by atoms with Gasteiger partial charge in [-0.1, -0.05) is 17.7 Å². The number of ether oxygens (including phenoxy) is 2. The summed E-state index contributed by atoms with van der Waals surface area (Å²) in [6.45, 7) is 0.522. The van der Waals surface area contributed by atoms with Crippen LogP contribution in [0.25, 0.3) is 0 Å². The van der Waals surface area contributed by atoms with E-state index in [1.54, 1.807) is 18.0 Å². The normalized spacial score (nSPS) is 19.9. The molecule has 1 saturated heterocycles. The van der Waals surface area contributed by atoms with Crippen molar-refractivity contribution in [2.75, 3.05) is 27.8 Å². The summed E-state index contributed by atoms with van der Waals surface area (Å²) in [7, 11) is 4.41. The zero-order valence-corrected chi connectivity index (χ0v) is 16.4. The number of likely N-dealkylation sites (N-methyl/N-ethyl adjacent to an activating group) is 1. The molecule has 0 aliphatic carbocycles. The second-order valence-corrected chi connectivity index (χ2v) is 6.91. The molecule has 9 heteroatoms. The largest absolute Gasteiger partial charge is 0.495 e. The lowest BCUT2D eigenvalue weighted by atomic mass is 9.89. The smallest absolute Gasteiger partial charge is 0.352 e. The SMILES string of the molecule is COC1=C2C(=O)N(Cc3ccc(F)c(Cl)c3)CCC2=C(C(=O)O)N(C)C1OC. The highest BCUT2D eigenvalue weighted by Crippen LogP contribution is 2.38. The van der Waals surface area contributed by atoms with E-state index >= 15 is 0 Å². The van der Waals surface area contributed by atoms with Crippen LogP contribution in [0.1, 0.15) is 12.0 Å². The molecule has 3 rings (SSSR count). The van der Waals surface area contributed by atoms with Crippen molar-refractivity contribution in [3.8, 4) is 0 Å². The Morgan fingerprint density at radius 2 is 2.11 bits per heavy atom. The Morgan fingerprint density at radius 3 is 2.68 bits per heavy atom. The number of carboxylic acids is 1. The van der Waals surface area contributed by atoms with Gasteiger partial charge in [0.1, 0.15) is 11.5 Å². The number of amides is 1. The van der Waals surface area contributed by atoms with Crippen LogP contribution in [0.3, 0.4) is 0 Å². The van der Waals surface area contributed by atoms with Gasteiger partial charge in [0, 0.05) is 32.8 Å². The monoisotopic (exact) mass is 410 g/mol. The van der Waals surface area contributed by atoms with E-state index in [-0.39, 0.29) is 34.5 Å². The summed E-state index contributed by atoms with van der Waals surface area (Å²) in [5.74, 6) is -1.78. The van der Waals surface area contributed by atoms with Crippen LogP contribution in [0.5, 0.6) is 0 Å². The van der Waals surface area contributed by atoms with Crippen molar-refractivity contribution in [2.45, 2.75) is 19.2 Å². The second-order valence-electron chi connectivity index (χ2n) is 6.50. The lowest BCUT2D eigenvalue weighted by Gasteiger charge is -2.40. The minimum atomic E-state index is -1.14. The van der Waals surface area contributed by atoms with Gasteiger partial charge < -0.3 is 24.4 Å². The van der Waals surface area contributed by atoms with Crippen LogP contribution in [0.4, 0.5) is 4.39 Å². The summed E-state index contributed by atoms with van der Waals surface area (Å²) in [6.07, 6.45) is -0.496. The third-order valence-corrected chi connectivity index (χ3v) is 5.19. The number of halogens is 2. The predicted molar refractivity (Wildman–Crippen MR) is 98.7 cm³/mol. The van der Waals surface area contributed by atoms with Crippen molar-refractivity contribution in [1.82, 2.24) is 9.80 Å². The summed E-state index contributed by atoms with van der Waals surface area (Å²) >= 11 is 5.83. The molecule has 2 heterocycles. The van der Waals surface area contributed by atoms with E-state index in [4.69, 9.17) is 21.1 Å². The summed E-state index contributed by atoms with van der Waals surface area (Å²) in [5, 5.41) is 9.65. The average molecular weight is 411 g/mol. The molecule has 0 bridgehead atoms. The Bertz CT molecular complexity index is 898. The number of nitrogens with zero attached hydrogens (tertiary/aromatic N) is 2. The molecule has 1 amide bonds. The van der Waals surface area contributed by atoms with E-state index in [1.807, 2.05) is 0 Å². The molecule has 0 aromatic heterocycles. The molecule has 1 atom stereocenters. The van der Waals surface area contributed by atoms with Gasteiger partial charge in [-0.2, -0.15) is 0 Å². The van der Waals surface area contributed by atoms with Gasteiger partial charge in [-0.05, 0) is 24.1 Å². The molecule has 1 unspecified atom stereocenters. The van der Waals surface area contributed by atoms with E-state index in [9.17, 15) is 19.1 Å². The van der Waals surface area contributed by atoms with Crippen LogP contribution in [-0.4, -0.2) is 60.8 Å². The standard InChI is InChI=1S/C19H20ClFN2O5/c1-22-15(19(25)26)11-6-7-23(9-10-4-5-13(21)12(20)8-10)17(24)14(11)16(27-2)18(22)28-3/h4-5,8,18H,6-7,9H2,1-3H3,(H,25,26).